The molecule has 0 bridgehead atoms. The molecule has 1 aliphatic rings. The highest BCUT2D eigenvalue weighted by atomic mass is 16.5. The van der Waals surface area contributed by atoms with E-state index in [-0.39, 0.29) is 6.10 Å². The number of anilines is 1. The number of benzene rings is 1. The largest absolute Gasteiger partial charge is 0.369 e. The van der Waals surface area contributed by atoms with E-state index < -0.39 is 0 Å². The fourth-order valence-corrected chi connectivity index (χ4v) is 2.42. The number of ether oxygens (including phenoxy) is 1. The van der Waals surface area contributed by atoms with E-state index in [0.29, 0.717) is 0 Å². The van der Waals surface area contributed by atoms with Crippen LogP contribution in [0.3, 0.4) is 0 Å². The van der Waals surface area contributed by atoms with E-state index >= 15 is 0 Å². The summed E-state index contributed by atoms with van der Waals surface area (Å²) in [7, 11) is 1.69. The molecule has 2 N–H and O–H groups in total. The maximum Gasteiger partial charge on any atom is 0.244 e. The summed E-state index contributed by atoms with van der Waals surface area (Å²) in [6.45, 7) is 3.80. The molecule has 1 fully saturated rings. The standard InChI is InChI=1S/C14H19N5O/c1-20-12(11-5-3-2-4-6-11)13-16-14(18-17-13)19-9-7-15-8-10-19/h2-6,12,15H,7-10H2,1H3,(H,16,17,18). The molecule has 0 amide bonds. The number of H-pyrrole nitrogens is 1. The number of hydrogen-bond donors (Lipinski definition) is 2. The van der Waals surface area contributed by atoms with E-state index in [1.807, 2.05) is 30.3 Å². The summed E-state index contributed by atoms with van der Waals surface area (Å²) in [5.74, 6) is 1.49. The zero-order valence-corrected chi connectivity index (χ0v) is 11.5. The molecular weight excluding hydrogens is 254 g/mol. The SMILES string of the molecule is COC(c1ccccc1)c1nc(N2CCNCC2)n[nH]1. The molecule has 1 saturated heterocycles. The first kappa shape index (κ1) is 13.1. The molecule has 1 unspecified atom stereocenters. The highest BCUT2D eigenvalue weighted by molar-refractivity contribution is 5.32. The fourth-order valence-electron chi connectivity index (χ4n) is 2.42. The van der Waals surface area contributed by atoms with Crippen molar-refractivity contribution in [3.8, 4) is 0 Å². The monoisotopic (exact) mass is 273 g/mol. The quantitative estimate of drug-likeness (QED) is 0.868. The van der Waals surface area contributed by atoms with Crippen LogP contribution in [0, 0.1) is 0 Å². The zero-order chi connectivity index (χ0) is 13.8. The lowest BCUT2D eigenvalue weighted by atomic mass is 10.1. The van der Waals surface area contributed by atoms with Crippen LogP contribution in [0.1, 0.15) is 17.5 Å². The van der Waals surface area contributed by atoms with Crippen molar-refractivity contribution in [2.75, 3.05) is 38.2 Å². The second-order valence-corrected chi connectivity index (χ2v) is 4.78. The first-order chi connectivity index (χ1) is 9.88. The van der Waals surface area contributed by atoms with Gasteiger partial charge in [0.1, 0.15) is 6.10 Å². The van der Waals surface area contributed by atoms with Crippen LogP contribution >= 0.6 is 0 Å². The molecule has 106 valence electrons. The van der Waals surface area contributed by atoms with Crippen molar-refractivity contribution in [2.45, 2.75) is 6.10 Å². The Balaban J connectivity index is 1.81. The first-order valence-corrected chi connectivity index (χ1v) is 6.84. The average Bonchev–Trinajstić information content (AvgIpc) is 3.00. The van der Waals surface area contributed by atoms with E-state index in [0.717, 1.165) is 43.5 Å². The van der Waals surface area contributed by atoms with Crippen LogP contribution in [0.2, 0.25) is 0 Å². The number of nitrogens with one attached hydrogen (secondary N) is 2. The average molecular weight is 273 g/mol. The van der Waals surface area contributed by atoms with Gasteiger partial charge >= 0.3 is 0 Å². The summed E-state index contributed by atoms with van der Waals surface area (Å²) >= 11 is 0. The minimum atomic E-state index is -0.208. The third kappa shape index (κ3) is 2.66. The first-order valence-electron chi connectivity index (χ1n) is 6.84. The molecule has 6 nitrogen and oxygen atoms in total. The number of rotatable bonds is 4. The summed E-state index contributed by atoms with van der Waals surface area (Å²) < 4.78 is 5.56. The minimum absolute atomic E-state index is 0.208. The maximum atomic E-state index is 5.56. The van der Waals surface area contributed by atoms with Gasteiger partial charge in [-0.15, -0.1) is 5.10 Å². The fraction of sp³-hybridized carbons (Fsp3) is 0.429. The second kappa shape index (κ2) is 6.02. The summed E-state index contributed by atoms with van der Waals surface area (Å²) in [6.07, 6.45) is -0.208. The molecule has 1 aromatic carbocycles. The maximum absolute atomic E-state index is 5.56. The molecule has 0 saturated carbocycles. The molecule has 6 heteroatoms. The van der Waals surface area contributed by atoms with Gasteiger partial charge in [0.05, 0.1) is 0 Å². The Hall–Kier alpha value is -1.92. The van der Waals surface area contributed by atoms with Crippen LogP contribution in [-0.2, 0) is 4.74 Å². The van der Waals surface area contributed by atoms with Gasteiger partial charge in [0.25, 0.3) is 0 Å². The highest BCUT2D eigenvalue weighted by Gasteiger charge is 2.20. The van der Waals surface area contributed by atoms with Crippen LogP contribution < -0.4 is 10.2 Å². The van der Waals surface area contributed by atoms with Crippen molar-refractivity contribution < 1.29 is 4.74 Å². The smallest absolute Gasteiger partial charge is 0.244 e. The number of piperazine rings is 1. The van der Waals surface area contributed by atoms with Gasteiger partial charge in [-0.25, -0.2) is 0 Å². The summed E-state index contributed by atoms with van der Waals surface area (Å²) in [5, 5.41) is 10.6. The van der Waals surface area contributed by atoms with Gasteiger partial charge in [-0.05, 0) is 5.56 Å². The molecule has 3 rings (SSSR count). The third-order valence-corrected chi connectivity index (χ3v) is 3.48. The Morgan fingerprint density at radius 2 is 1.95 bits per heavy atom. The number of aromatic amines is 1. The van der Waals surface area contributed by atoms with Crippen LogP contribution in [0.5, 0.6) is 0 Å². The van der Waals surface area contributed by atoms with Gasteiger partial charge in [-0.3, -0.25) is 5.10 Å². The molecule has 2 heterocycles. The predicted molar refractivity (Wildman–Crippen MR) is 76.8 cm³/mol. The predicted octanol–water partition coefficient (Wildman–Crippen LogP) is 0.950. The third-order valence-electron chi connectivity index (χ3n) is 3.48. The van der Waals surface area contributed by atoms with E-state index in [2.05, 4.69) is 25.4 Å². The lowest BCUT2D eigenvalue weighted by molar-refractivity contribution is 0.129. The summed E-state index contributed by atoms with van der Waals surface area (Å²) in [5.41, 5.74) is 1.07. The minimum Gasteiger partial charge on any atom is -0.369 e. The van der Waals surface area contributed by atoms with Crippen LogP contribution in [0.4, 0.5) is 5.95 Å². The second-order valence-electron chi connectivity index (χ2n) is 4.78. The van der Waals surface area contributed by atoms with Crippen molar-refractivity contribution in [1.29, 1.82) is 0 Å². The normalized spacial score (nSPS) is 17.1. The molecular formula is C14H19N5O. The Morgan fingerprint density at radius 1 is 1.20 bits per heavy atom. The van der Waals surface area contributed by atoms with E-state index in [1.165, 1.54) is 0 Å². The number of hydrogen-bond acceptors (Lipinski definition) is 5. The van der Waals surface area contributed by atoms with Gasteiger partial charge in [0.2, 0.25) is 5.95 Å². The molecule has 1 atom stereocenters. The Kier molecular flexibility index (Phi) is 3.94. The molecule has 1 aromatic heterocycles. The lowest BCUT2D eigenvalue weighted by Gasteiger charge is -2.25. The van der Waals surface area contributed by atoms with Crippen molar-refractivity contribution in [3.63, 3.8) is 0 Å². The van der Waals surface area contributed by atoms with Gasteiger partial charge < -0.3 is 15.0 Å². The summed E-state index contributed by atoms with van der Waals surface area (Å²) in [6, 6.07) is 10.0. The zero-order valence-electron chi connectivity index (χ0n) is 11.5. The van der Waals surface area contributed by atoms with Crippen molar-refractivity contribution in [3.05, 3.63) is 41.7 Å². The number of nitrogens with zero attached hydrogens (tertiary/aromatic N) is 3. The van der Waals surface area contributed by atoms with Crippen LogP contribution in [0.15, 0.2) is 30.3 Å². The van der Waals surface area contributed by atoms with E-state index in [4.69, 9.17) is 4.74 Å². The van der Waals surface area contributed by atoms with Crippen LogP contribution in [-0.4, -0.2) is 48.5 Å². The van der Waals surface area contributed by atoms with Gasteiger partial charge in [0.15, 0.2) is 5.82 Å². The molecule has 2 aromatic rings. The Labute approximate surface area is 118 Å². The highest BCUT2D eigenvalue weighted by Crippen LogP contribution is 2.23. The van der Waals surface area contributed by atoms with Gasteiger partial charge in [0, 0.05) is 33.3 Å². The van der Waals surface area contributed by atoms with E-state index in [9.17, 15) is 0 Å². The molecule has 0 aliphatic carbocycles. The van der Waals surface area contributed by atoms with E-state index in [1.54, 1.807) is 7.11 Å². The lowest BCUT2D eigenvalue weighted by Crippen LogP contribution is -2.44. The van der Waals surface area contributed by atoms with Gasteiger partial charge in [-0.1, -0.05) is 30.3 Å². The van der Waals surface area contributed by atoms with Gasteiger partial charge in [-0.2, -0.15) is 4.98 Å². The molecule has 20 heavy (non-hydrogen) atoms. The van der Waals surface area contributed by atoms with Crippen molar-refractivity contribution >= 4 is 5.95 Å². The summed E-state index contributed by atoms with van der Waals surface area (Å²) in [4.78, 5) is 6.76. The molecule has 0 radical (unpaired) electrons. The van der Waals surface area contributed by atoms with Crippen molar-refractivity contribution in [2.24, 2.45) is 0 Å². The molecule has 0 spiro atoms. The topological polar surface area (TPSA) is 66.1 Å². The molecule has 1 aliphatic heterocycles. The Bertz CT molecular complexity index is 536. The number of methoxy groups -OCH3 is 1. The Morgan fingerprint density at radius 3 is 2.65 bits per heavy atom. The number of aromatic nitrogens is 3. The van der Waals surface area contributed by atoms with Crippen LogP contribution in [0.25, 0.3) is 0 Å². The van der Waals surface area contributed by atoms with Crippen molar-refractivity contribution in [1.82, 2.24) is 20.5 Å².